The number of rotatable bonds is 7. The molecule has 1 aliphatic carbocycles. The summed E-state index contributed by atoms with van der Waals surface area (Å²) in [6.45, 7) is 4.87. The number of nitrogens with two attached hydrogens (primary N) is 1. The maximum absolute atomic E-state index is 5.89. The summed E-state index contributed by atoms with van der Waals surface area (Å²) in [5, 5.41) is 0. The van der Waals surface area contributed by atoms with Crippen LogP contribution in [-0.4, -0.2) is 51.1 Å². The molecule has 4 heteroatoms. The lowest BCUT2D eigenvalue weighted by Crippen LogP contribution is -2.48. The van der Waals surface area contributed by atoms with Crippen molar-refractivity contribution in [2.45, 2.75) is 44.9 Å². The first kappa shape index (κ1) is 14.9. The van der Waals surface area contributed by atoms with Crippen LogP contribution in [0.25, 0.3) is 0 Å². The number of hydrogen-bond acceptors (Lipinski definition) is 4. The van der Waals surface area contributed by atoms with E-state index in [0.717, 1.165) is 19.6 Å². The number of nitrogens with zero attached hydrogens (tertiary/aromatic N) is 1. The summed E-state index contributed by atoms with van der Waals surface area (Å²) in [6, 6.07) is 0.603. The first-order valence-electron chi connectivity index (χ1n) is 6.76. The molecule has 0 spiro atoms. The van der Waals surface area contributed by atoms with Crippen molar-refractivity contribution < 1.29 is 9.47 Å². The Kier molecular flexibility index (Phi) is 7.04. The van der Waals surface area contributed by atoms with Crippen molar-refractivity contribution in [3.05, 3.63) is 0 Å². The number of likely N-dealkylation sites (N-methyl/N-ethyl adjacent to an activating group) is 1. The highest BCUT2D eigenvalue weighted by Gasteiger charge is 2.29. The largest absolute Gasteiger partial charge is 0.355 e. The topological polar surface area (TPSA) is 47.7 Å². The average molecular weight is 244 g/mol. The van der Waals surface area contributed by atoms with Crippen LogP contribution in [0.5, 0.6) is 0 Å². The molecule has 1 fully saturated rings. The van der Waals surface area contributed by atoms with Gasteiger partial charge in [0.05, 0.1) is 0 Å². The molecular weight excluding hydrogens is 216 g/mol. The van der Waals surface area contributed by atoms with Crippen LogP contribution in [0.1, 0.15) is 32.6 Å². The molecule has 2 unspecified atom stereocenters. The zero-order chi connectivity index (χ0) is 12.7. The predicted molar refractivity (Wildman–Crippen MR) is 69.9 cm³/mol. The molecule has 0 aromatic heterocycles. The van der Waals surface area contributed by atoms with E-state index in [9.17, 15) is 0 Å². The Labute approximate surface area is 105 Å². The summed E-state index contributed by atoms with van der Waals surface area (Å²) < 4.78 is 10.6. The van der Waals surface area contributed by atoms with Gasteiger partial charge in [0, 0.05) is 26.8 Å². The standard InChI is InChI=1S/C13H28N2O2/c1-4-15(10-13(16-2)17-3)12-8-6-5-7-11(12)9-14/h11-13H,4-10,14H2,1-3H3. The van der Waals surface area contributed by atoms with Crippen LogP contribution in [0.3, 0.4) is 0 Å². The van der Waals surface area contributed by atoms with Crippen molar-refractivity contribution in [2.24, 2.45) is 11.7 Å². The third-order valence-corrected chi connectivity index (χ3v) is 3.96. The molecular formula is C13H28N2O2. The van der Waals surface area contributed by atoms with Gasteiger partial charge in [-0.25, -0.2) is 0 Å². The second-order valence-corrected chi connectivity index (χ2v) is 4.84. The molecule has 1 rings (SSSR count). The van der Waals surface area contributed by atoms with Gasteiger partial charge in [0.25, 0.3) is 0 Å². The molecule has 4 nitrogen and oxygen atoms in total. The van der Waals surface area contributed by atoms with Gasteiger partial charge in [-0.2, -0.15) is 0 Å². The Bertz CT molecular complexity index is 198. The van der Waals surface area contributed by atoms with E-state index in [1.807, 2.05) is 0 Å². The van der Waals surface area contributed by atoms with E-state index in [2.05, 4.69) is 11.8 Å². The van der Waals surface area contributed by atoms with Gasteiger partial charge < -0.3 is 15.2 Å². The zero-order valence-corrected chi connectivity index (χ0v) is 11.5. The molecule has 0 saturated heterocycles. The lowest BCUT2D eigenvalue weighted by atomic mass is 9.83. The summed E-state index contributed by atoms with van der Waals surface area (Å²) in [5.41, 5.74) is 5.89. The zero-order valence-electron chi connectivity index (χ0n) is 11.5. The highest BCUT2D eigenvalue weighted by molar-refractivity contribution is 4.84. The van der Waals surface area contributed by atoms with E-state index in [-0.39, 0.29) is 6.29 Å². The number of ether oxygens (including phenoxy) is 2. The molecule has 2 atom stereocenters. The second kappa shape index (κ2) is 8.03. The van der Waals surface area contributed by atoms with Crippen molar-refractivity contribution in [2.75, 3.05) is 33.9 Å². The molecule has 2 N–H and O–H groups in total. The van der Waals surface area contributed by atoms with E-state index >= 15 is 0 Å². The molecule has 1 saturated carbocycles. The van der Waals surface area contributed by atoms with Crippen LogP contribution >= 0.6 is 0 Å². The summed E-state index contributed by atoms with van der Waals surface area (Å²) in [6.07, 6.45) is 5.05. The van der Waals surface area contributed by atoms with Gasteiger partial charge in [-0.3, -0.25) is 4.90 Å². The first-order valence-corrected chi connectivity index (χ1v) is 6.76. The van der Waals surface area contributed by atoms with Crippen LogP contribution in [-0.2, 0) is 9.47 Å². The molecule has 1 aliphatic rings. The van der Waals surface area contributed by atoms with Crippen molar-refractivity contribution in [1.29, 1.82) is 0 Å². The minimum Gasteiger partial charge on any atom is -0.355 e. The van der Waals surface area contributed by atoms with Crippen molar-refractivity contribution in [3.8, 4) is 0 Å². The van der Waals surface area contributed by atoms with Gasteiger partial charge in [-0.15, -0.1) is 0 Å². The molecule has 0 aromatic carbocycles. The summed E-state index contributed by atoms with van der Waals surface area (Å²) in [7, 11) is 3.40. The summed E-state index contributed by atoms with van der Waals surface area (Å²) in [5.74, 6) is 0.637. The average Bonchev–Trinajstić information content (AvgIpc) is 2.40. The van der Waals surface area contributed by atoms with Crippen LogP contribution in [0.4, 0.5) is 0 Å². The van der Waals surface area contributed by atoms with Gasteiger partial charge in [-0.05, 0) is 31.8 Å². The third-order valence-electron chi connectivity index (χ3n) is 3.96. The van der Waals surface area contributed by atoms with Crippen LogP contribution < -0.4 is 5.73 Å². The highest BCUT2D eigenvalue weighted by atomic mass is 16.7. The molecule has 0 heterocycles. The van der Waals surface area contributed by atoms with Gasteiger partial charge in [0.15, 0.2) is 6.29 Å². The maximum Gasteiger partial charge on any atom is 0.169 e. The molecule has 0 bridgehead atoms. The third kappa shape index (κ3) is 4.21. The van der Waals surface area contributed by atoms with Crippen molar-refractivity contribution in [3.63, 3.8) is 0 Å². The van der Waals surface area contributed by atoms with Gasteiger partial charge in [0.2, 0.25) is 0 Å². The summed E-state index contributed by atoms with van der Waals surface area (Å²) >= 11 is 0. The highest BCUT2D eigenvalue weighted by Crippen LogP contribution is 2.28. The SMILES string of the molecule is CCN(CC(OC)OC)C1CCCCC1CN. The van der Waals surface area contributed by atoms with Crippen molar-refractivity contribution >= 4 is 0 Å². The lowest BCUT2D eigenvalue weighted by molar-refractivity contribution is -0.123. The lowest BCUT2D eigenvalue weighted by Gasteiger charge is -2.40. The Morgan fingerprint density at radius 3 is 2.41 bits per heavy atom. The molecule has 0 aromatic rings. The van der Waals surface area contributed by atoms with Crippen molar-refractivity contribution in [1.82, 2.24) is 4.90 Å². The van der Waals surface area contributed by atoms with E-state index < -0.39 is 0 Å². The fourth-order valence-corrected chi connectivity index (χ4v) is 2.88. The van der Waals surface area contributed by atoms with E-state index in [4.69, 9.17) is 15.2 Å². The molecule has 0 amide bonds. The second-order valence-electron chi connectivity index (χ2n) is 4.84. The first-order chi connectivity index (χ1) is 8.26. The van der Waals surface area contributed by atoms with Crippen LogP contribution in [0, 0.1) is 5.92 Å². The number of methoxy groups -OCH3 is 2. The summed E-state index contributed by atoms with van der Waals surface area (Å²) in [4.78, 5) is 2.47. The van der Waals surface area contributed by atoms with Gasteiger partial charge in [0.1, 0.15) is 0 Å². The Morgan fingerprint density at radius 2 is 1.88 bits per heavy atom. The molecule has 0 aliphatic heterocycles. The Hall–Kier alpha value is -0.160. The fraction of sp³-hybridized carbons (Fsp3) is 1.00. The van der Waals surface area contributed by atoms with Crippen LogP contribution in [0.2, 0.25) is 0 Å². The quantitative estimate of drug-likeness (QED) is 0.689. The van der Waals surface area contributed by atoms with Crippen LogP contribution in [0.15, 0.2) is 0 Å². The molecule has 102 valence electrons. The molecule has 17 heavy (non-hydrogen) atoms. The Balaban J connectivity index is 2.57. The van der Waals surface area contributed by atoms with E-state index in [1.165, 1.54) is 25.7 Å². The Morgan fingerprint density at radius 1 is 1.24 bits per heavy atom. The fourth-order valence-electron chi connectivity index (χ4n) is 2.88. The smallest absolute Gasteiger partial charge is 0.169 e. The predicted octanol–water partition coefficient (Wildman–Crippen LogP) is 1.44. The van der Waals surface area contributed by atoms with E-state index in [0.29, 0.717) is 12.0 Å². The maximum atomic E-state index is 5.89. The number of hydrogen-bond donors (Lipinski definition) is 1. The van der Waals surface area contributed by atoms with Gasteiger partial charge in [-0.1, -0.05) is 19.8 Å². The molecule has 0 radical (unpaired) electrons. The monoisotopic (exact) mass is 244 g/mol. The minimum atomic E-state index is -0.129. The minimum absolute atomic E-state index is 0.129. The van der Waals surface area contributed by atoms with Gasteiger partial charge >= 0.3 is 0 Å². The normalized spacial score (nSPS) is 25.8. The van der Waals surface area contributed by atoms with E-state index in [1.54, 1.807) is 14.2 Å².